The molecule has 4 nitrogen and oxygen atoms in total. The van der Waals surface area contributed by atoms with Crippen molar-refractivity contribution in [2.24, 2.45) is 0 Å². The molecule has 112 valence electrons. The highest BCUT2D eigenvalue weighted by Crippen LogP contribution is 2.28. The standard InChI is InChI=1S/C16H19ClN2O2/c1-10-3-4-15(13(18)7-10)20-5-6-21-16-8-11(2)12(17)9-14(16)19/h3-4,7-9H,5-6,18-19H2,1-2H3. The van der Waals surface area contributed by atoms with Crippen LogP contribution in [-0.4, -0.2) is 13.2 Å². The topological polar surface area (TPSA) is 70.5 Å². The first-order chi connectivity index (χ1) is 9.97. The molecule has 0 heterocycles. The van der Waals surface area contributed by atoms with Gasteiger partial charge in [-0.05, 0) is 49.2 Å². The highest BCUT2D eigenvalue weighted by atomic mass is 35.5. The number of anilines is 2. The van der Waals surface area contributed by atoms with Gasteiger partial charge in [-0.15, -0.1) is 0 Å². The monoisotopic (exact) mass is 306 g/mol. The fourth-order valence-corrected chi connectivity index (χ4v) is 2.07. The van der Waals surface area contributed by atoms with Crippen LogP contribution in [0.15, 0.2) is 30.3 Å². The van der Waals surface area contributed by atoms with E-state index in [1.54, 1.807) is 6.07 Å². The van der Waals surface area contributed by atoms with Crippen molar-refractivity contribution in [2.75, 3.05) is 24.7 Å². The van der Waals surface area contributed by atoms with E-state index in [2.05, 4.69) is 0 Å². The molecule has 0 saturated heterocycles. The Morgan fingerprint density at radius 1 is 0.905 bits per heavy atom. The molecular formula is C16H19ClN2O2. The molecular weight excluding hydrogens is 288 g/mol. The Balaban J connectivity index is 1.89. The lowest BCUT2D eigenvalue weighted by Crippen LogP contribution is -2.11. The van der Waals surface area contributed by atoms with Gasteiger partial charge in [-0.2, -0.15) is 0 Å². The first-order valence-electron chi connectivity index (χ1n) is 6.64. The summed E-state index contributed by atoms with van der Waals surface area (Å²) < 4.78 is 11.2. The van der Waals surface area contributed by atoms with Crippen LogP contribution in [0.3, 0.4) is 0 Å². The van der Waals surface area contributed by atoms with Gasteiger partial charge in [-0.3, -0.25) is 0 Å². The summed E-state index contributed by atoms with van der Waals surface area (Å²) in [7, 11) is 0. The minimum atomic E-state index is 0.374. The molecule has 0 aliphatic rings. The summed E-state index contributed by atoms with van der Waals surface area (Å²) in [6, 6.07) is 9.18. The zero-order chi connectivity index (χ0) is 15.4. The van der Waals surface area contributed by atoms with Crippen LogP contribution in [-0.2, 0) is 0 Å². The second-order valence-electron chi connectivity index (χ2n) is 4.88. The van der Waals surface area contributed by atoms with Crippen molar-refractivity contribution in [3.63, 3.8) is 0 Å². The minimum absolute atomic E-state index is 0.374. The van der Waals surface area contributed by atoms with E-state index >= 15 is 0 Å². The van der Waals surface area contributed by atoms with E-state index in [9.17, 15) is 0 Å². The van der Waals surface area contributed by atoms with E-state index in [1.165, 1.54) is 0 Å². The van der Waals surface area contributed by atoms with Gasteiger partial charge >= 0.3 is 0 Å². The van der Waals surface area contributed by atoms with Crippen molar-refractivity contribution in [1.82, 2.24) is 0 Å². The molecule has 0 aromatic heterocycles. The van der Waals surface area contributed by atoms with Crippen molar-refractivity contribution in [3.05, 3.63) is 46.5 Å². The molecule has 0 spiro atoms. The summed E-state index contributed by atoms with van der Waals surface area (Å²) in [5.74, 6) is 1.27. The minimum Gasteiger partial charge on any atom is -0.488 e. The highest BCUT2D eigenvalue weighted by molar-refractivity contribution is 6.31. The largest absolute Gasteiger partial charge is 0.488 e. The first-order valence-corrected chi connectivity index (χ1v) is 7.02. The molecule has 21 heavy (non-hydrogen) atoms. The Morgan fingerprint density at radius 3 is 2.19 bits per heavy atom. The van der Waals surface area contributed by atoms with Gasteiger partial charge in [0.05, 0.1) is 11.4 Å². The van der Waals surface area contributed by atoms with Crippen molar-refractivity contribution in [1.29, 1.82) is 0 Å². The molecule has 0 fully saturated rings. The lowest BCUT2D eigenvalue weighted by molar-refractivity contribution is 0.218. The molecule has 0 atom stereocenters. The summed E-state index contributed by atoms with van der Waals surface area (Å²) in [6.07, 6.45) is 0. The Hall–Kier alpha value is -2.07. The van der Waals surface area contributed by atoms with Gasteiger partial charge in [0.15, 0.2) is 0 Å². The van der Waals surface area contributed by atoms with Gasteiger partial charge in [-0.1, -0.05) is 17.7 Å². The molecule has 0 bridgehead atoms. The van der Waals surface area contributed by atoms with Gasteiger partial charge in [-0.25, -0.2) is 0 Å². The molecule has 2 aromatic carbocycles. The van der Waals surface area contributed by atoms with Gasteiger partial charge in [0.2, 0.25) is 0 Å². The lowest BCUT2D eigenvalue weighted by Gasteiger charge is -2.12. The number of nitrogen functional groups attached to an aromatic ring is 2. The van der Waals surface area contributed by atoms with E-state index in [0.29, 0.717) is 41.1 Å². The Kier molecular flexibility index (Phi) is 4.81. The van der Waals surface area contributed by atoms with Crippen LogP contribution in [0.2, 0.25) is 5.02 Å². The predicted octanol–water partition coefficient (Wildman–Crippen LogP) is 3.58. The van der Waals surface area contributed by atoms with Crippen molar-refractivity contribution < 1.29 is 9.47 Å². The second kappa shape index (κ2) is 6.59. The third kappa shape index (κ3) is 3.95. The van der Waals surface area contributed by atoms with Gasteiger partial charge < -0.3 is 20.9 Å². The Morgan fingerprint density at radius 2 is 1.52 bits per heavy atom. The maximum Gasteiger partial charge on any atom is 0.142 e. The van der Waals surface area contributed by atoms with Crippen molar-refractivity contribution in [3.8, 4) is 11.5 Å². The fourth-order valence-electron chi connectivity index (χ4n) is 1.90. The third-order valence-corrected chi connectivity index (χ3v) is 3.46. The molecule has 4 N–H and O–H groups in total. The van der Waals surface area contributed by atoms with E-state index in [-0.39, 0.29) is 0 Å². The summed E-state index contributed by atoms with van der Waals surface area (Å²) in [6.45, 7) is 4.64. The Bertz CT molecular complexity index is 644. The summed E-state index contributed by atoms with van der Waals surface area (Å²) in [5.41, 5.74) is 14.9. The number of rotatable bonds is 5. The van der Waals surface area contributed by atoms with Gasteiger partial charge in [0.25, 0.3) is 0 Å². The average Bonchev–Trinajstić information content (AvgIpc) is 2.42. The average molecular weight is 307 g/mol. The van der Waals surface area contributed by atoms with Crippen molar-refractivity contribution in [2.45, 2.75) is 13.8 Å². The SMILES string of the molecule is Cc1ccc(OCCOc2cc(C)c(Cl)cc2N)c(N)c1. The lowest BCUT2D eigenvalue weighted by atomic mass is 10.2. The number of hydrogen-bond acceptors (Lipinski definition) is 4. The number of aryl methyl sites for hydroxylation is 2. The van der Waals surface area contributed by atoms with Crippen LogP contribution < -0.4 is 20.9 Å². The maximum atomic E-state index is 5.98. The molecule has 0 aliphatic carbocycles. The van der Waals surface area contributed by atoms with Crippen LogP contribution in [0.1, 0.15) is 11.1 Å². The van der Waals surface area contributed by atoms with Crippen LogP contribution in [0.4, 0.5) is 11.4 Å². The quantitative estimate of drug-likeness (QED) is 0.654. The second-order valence-corrected chi connectivity index (χ2v) is 5.28. The molecule has 0 amide bonds. The number of halogens is 1. The van der Waals surface area contributed by atoms with E-state index in [4.69, 9.17) is 32.5 Å². The third-order valence-electron chi connectivity index (χ3n) is 3.05. The smallest absolute Gasteiger partial charge is 0.142 e. The molecule has 5 heteroatoms. The molecule has 0 unspecified atom stereocenters. The van der Waals surface area contributed by atoms with Crippen LogP contribution in [0.5, 0.6) is 11.5 Å². The van der Waals surface area contributed by atoms with E-state index in [0.717, 1.165) is 11.1 Å². The van der Waals surface area contributed by atoms with Crippen LogP contribution in [0.25, 0.3) is 0 Å². The molecule has 2 rings (SSSR count). The zero-order valence-corrected chi connectivity index (χ0v) is 12.9. The maximum absolute atomic E-state index is 5.98. The normalized spacial score (nSPS) is 10.4. The first kappa shape index (κ1) is 15.3. The number of nitrogens with two attached hydrogens (primary N) is 2. The van der Waals surface area contributed by atoms with E-state index < -0.39 is 0 Å². The van der Waals surface area contributed by atoms with E-state index in [1.807, 2.05) is 38.1 Å². The number of benzene rings is 2. The molecule has 2 aromatic rings. The van der Waals surface area contributed by atoms with Gasteiger partial charge in [0, 0.05) is 5.02 Å². The summed E-state index contributed by atoms with van der Waals surface area (Å²) in [4.78, 5) is 0. The number of hydrogen-bond donors (Lipinski definition) is 2. The van der Waals surface area contributed by atoms with Crippen molar-refractivity contribution >= 4 is 23.0 Å². The van der Waals surface area contributed by atoms with Crippen LogP contribution >= 0.6 is 11.6 Å². The van der Waals surface area contributed by atoms with Crippen LogP contribution in [0, 0.1) is 13.8 Å². The molecule has 0 radical (unpaired) electrons. The molecule has 0 saturated carbocycles. The summed E-state index contributed by atoms with van der Waals surface area (Å²) in [5, 5.41) is 0.628. The molecule has 0 aliphatic heterocycles. The number of ether oxygens (including phenoxy) is 2. The Labute approximate surface area is 129 Å². The predicted molar refractivity (Wildman–Crippen MR) is 87.2 cm³/mol. The fraction of sp³-hybridized carbons (Fsp3) is 0.250. The summed E-state index contributed by atoms with van der Waals surface area (Å²) >= 11 is 5.98. The zero-order valence-electron chi connectivity index (χ0n) is 12.2. The highest BCUT2D eigenvalue weighted by Gasteiger charge is 2.05. The van der Waals surface area contributed by atoms with Gasteiger partial charge in [0.1, 0.15) is 24.7 Å².